The molecule has 1 atom stereocenters. The van der Waals surface area contributed by atoms with Crippen molar-refractivity contribution in [3.05, 3.63) is 0 Å². The minimum absolute atomic E-state index is 2.05. The highest BCUT2D eigenvalue weighted by Gasteiger charge is 2.22. The lowest BCUT2D eigenvalue weighted by Gasteiger charge is -2.03. The summed E-state index contributed by atoms with van der Waals surface area (Å²) in [6.45, 7) is 0. The monoisotopic (exact) mass is 144 g/mol. The molecule has 3 nitrogen and oxygen atoms in total. The van der Waals surface area contributed by atoms with Gasteiger partial charge in [-0.05, 0) is 0 Å². The van der Waals surface area contributed by atoms with Gasteiger partial charge in [0.05, 0.1) is 0 Å². The summed E-state index contributed by atoms with van der Waals surface area (Å²) in [7, 11) is 0. The first-order valence-corrected chi connectivity index (χ1v) is 1.86. The Morgan fingerprint density at radius 1 is 1.44 bits per heavy atom. The topological polar surface area (TPSA) is 46.5 Å². The van der Waals surface area contributed by atoms with Gasteiger partial charge in [0.25, 0.3) is 0 Å². The van der Waals surface area contributed by atoms with E-state index in [0.29, 0.717) is 0 Å². The van der Waals surface area contributed by atoms with Gasteiger partial charge in [-0.1, -0.05) is 0 Å². The number of hydrogen-bond donors (Lipinski definition) is 1. The maximum absolute atomic E-state index is 11.4. The molecule has 54 valence electrons. The fraction of sp³-hybridized carbons (Fsp3) is 0.667. The van der Waals surface area contributed by atoms with Crippen LogP contribution in [0.3, 0.4) is 0 Å². The molecular weight excluding hydrogens is 141 g/mol. The average molecular weight is 144 g/mol. The normalized spacial score (nSPS) is 13.3. The van der Waals surface area contributed by atoms with Gasteiger partial charge in [-0.3, -0.25) is 0 Å². The Hall–Kier alpha value is -0.940. The van der Waals surface area contributed by atoms with E-state index in [1.165, 1.54) is 0 Å². The maximum atomic E-state index is 11.4. The molecule has 1 unspecified atom stereocenters. The second kappa shape index (κ2) is 3.16. The highest BCUT2D eigenvalue weighted by atomic mass is 19.3. The molecule has 1 N–H and O–H groups in total. The molecule has 0 aromatic carbocycles. The number of carbonyl (C=O) groups is 1. The molecule has 0 rings (SSSR count). The van der Waals surface area contributed by atoms with Crippen LogP contribution in [-0.4, -0.2) is 24.0 Å². The summed E-state index contributed by atoms with van der Waals surface area (Å²) < 4.78 is 36.5. The lowest BCUT2D eigenvalue weighted by Crippen LogP contribution is -2.19. The molecule has 0 radical (unpaired) electrons. The molecule has 0 heterocycles. The molecule has 0 fully saturated rings. The average Bonchev–Trinajstić information content (AvgIpc) is 1.63. The van der Waals surface area contributed by atoms with Crippen LogP contribution in [0.1, 0.15) is 0 Å². The molecule has 0 bridgehead atoms. The molecule has 0 amide bonds. The molecule has 0 spiro atoms. The standard InChI is InChI=1S/C3H3F3O3/c4-1(5)2(6)9-3(7)8/h1-2H,(H,7,8). The van der Waals surface area contributed by atoms with E-state index in [1.807, 2.05) is 0 Å². The molecule has 0 aliphatic heterocycles. The molecule has 0 aliphatic carbocycles. The van der Waals surface area contributed by atoms with Gasteiger partial charge in [0.2, 0.25) is 0 Å². The van der Waals surface area contributed by atoms with E-state index in [1.54, 1.807) is 0 Å². The van der Waals surface area contributed by atoms with Gasteiger partial charge in [0.15, 0.2) is 0 Å². The van der Waals surface area contributed by atoms with E-state index in [9.17, 15) is 18.0 Å². The third-order valence-electron chi connectivity index (χ3n) is 0.412. The minimum Gasteiger partial charge on any atom is -0.450 e. The van der Waals surface area contributed by atoms with Gasteiger partial charge in [-0.25, -0.2) is 13.6 Å². The van der Waals surface area contributed by atoms with Gasteiger partial charge < -0.3 is 9.84 Å². The fourth-order valence-electron chi connectivity index (χ4n) is 0.148. The Morgan fingerprint density at radius 2 is 1.89 bits per heavy atom. The summed E-state index contributed by atoms with van der Waals surface area (Å²) in [6, 6.07) is 0. The van der Waals surface area contributed by atoms with Crippen molar-refractivity contribution in [1.82, 2.24) is 0 Å². The molecule has 0 aromatic rings. The Balaban J connectivity index is 3.50. The fourth-order valence-corrected chi connectivity index (χ4v) is 0.148. The first-order chi connectivity index (χ1) is 4.04. The zero-order valence-corrected chi connectivity index (χ0v) is 4.05. The summed E-state index contributed by atoms with van der Waals surface area (Å²) >= 11 is 0. The Labute approximate surface area is 48.0 Å². The van der Waals surface area contributed by atoms with Gasteiger partial charge in [-0.15, -0.1) is 0 Å². The second-order valence-corrected chi connectivity index (χ2v) is 1.07. The zero-order valence-electron chi connectivity index (χ0n) is 4.05. The Morgan fingerprint density at radius 3 is 2.00 bits per heavy atom. The van der Waals surface area contributed by atoms with Gasteiger partial charge in [0, 0.05) is 0 Å². The van der Waals surface area contributed by atoms with E-state index in [0.717, 1.165) is 0 Å². The minimum atomic E-state index is -3.42. The number of alkyl halides is 3. The first-order valence-electron chi connectivity index (χ1n) is 1.86. The first kappa shape index (κ1) is 8.06. The van der Waals surface area contributed by atoms with Crippen molar-refractivity contribution in [3.63, 3.8) is 0 Å². The van der Waals surface area contributed by atoms with Crippen LogP contribution in [0.25, 0.3) is 0 Å². The number of hydrogen-bond acceptors (Lipinski definition) is 2. The molecule has 0 saturated heterocycles. The van der Waals surface area contributed by atoms with Crippen molar-refractivity contribution < 1.29 is 27.8 Å². The Bertz CT molecular complexity index is 104. The van der Waals surface area contributed by atoms with E-state index in [2.05, 4.69) is 4.74 Å². The third-order valence-corrected chi connectivity index (χ3v) is 0.412. The van der Waals surface area contributed by atoms with Crippen molar-refractivity contribution >= 4 is 6.16 Å². The summed E-state index contributed by atoms with van der Waals surface area (Å²) in [5.41, 5.74) is 0. The number of carboxylic acid groups (broad SMARTS) is 1. The Kier molecular flexibility index (Phi) is 2.83. The van der Waals surface area contributed by atoms with Crippen LogP contribution in [0.2, 0.25) is 0 Å². The molecule has 0 saturated carbocycles. The van der Waals surface area contributed by atoms with E-state index >= 15 is 0 Å². The van der Waals surface area contributed by atoms with Gasteiger partial charge in [-0.2, -0.15) is 4.39 Å². The summed E-state index contributed by atoms with van der Waals surface area (Å²) in [6.07, 6.45) is -8.51. The second-order valence-electron chi connectivity index (χ2n) is 1.07. The van der Waals surface area contributed by atoms with Crippen LogP contribution in [0, 0.1) is 0 Å². The number of halogens is 3. The molecule has 6 heteroatoms. The van der Waals surface area contributed by atoms with Crippen molar-refractivity contribution in [2.75, 3.05) is 0 Å². The van der Waals surface area contributed by atoms with Crippen LogP contribution in [0.5, 0.6) is 0 Å². The van der Waals surface area contributed by atoms with Crippen LogP contribution in [0.15, 0.2) is 0 Å². The van der Waals surface area contributed by atoms with Gasteiger partial charge in [0.1, 0.15) is 0 Å². The van der Waals surface area contributed by atoms with Crippen LogP contribution >= 0.6 is 0 Å². The quantitative estimate of drug-likeness (QED) is 0.593. The summed E-state index contributed by atoms with van der Waals surface area (Å²) in [4.78, 5) is 9.32. The van der Waals surface area contributed by atoms with E-state index < -0.39 is 18.9 Å². The number of rotatable bonds is 2. The van der Waals surface area contributed by atoms with Crippen LogP contribution < -0.4 is 0 Å². The SMILES string of the molecule is O=C(O)OC(F)C(F)F. The molecule has 0 aliphatic rings. The summed E-state index contributed by atoms with van der Waals surface area (Å²) in [5, 5.41) is 7.54. The van der Waals surface area contributed by atoms with Crippen molar-refractivity contribution in [3.8, 4) is 0 Å². The highest BCUT2D eigenvalue weighted by Crippen LogP contribution is 2.06. The molecule has 0 aromatic heterocycles. The van der Waals surface area contributed by atoms with Gasteiger partial charge >= 0.3 is 18.9 Å². The summed E-state index contributed by atoms with van der Waals surface area (Å²) in [5.74, 6) is 0. The molecular formula is C3H3F3O3. The maximum Gasteiger partial charge on any atom is 0.508 e. The van der Waals surface area contributed by atoms with Crippen LogP contribution in [0.4, 0.5) is 18.0 Å². The lowest BCUT2D eigenvalue weighted by atomic mass is 10.7. The predicted molar refractivity (Wildman–Crippen MR) is 20.0 cm³/mol. The van der Waals surface area contributed by atoms with Crippen molar-refractivity contribution in [2.24, 2.45) is 0 Å². The van der Waals surface area contributed by atoms with E-state index in [4.69, 9.17) is 5.11 Å². The van der Waals surface area contributed by atoms with Crippen molar-refractivity contribution in [2.45, 2.75) is 12.8 Å². The third kappa shape index (κ3) is 3.63. The lowest BCUT2D eigenvalue weighted by molar-refractivity contribution is -0.103. The van der Waals surface area contributed by atoms with Crippen LogP contribution in [-0.2, 0) is 4.74 Å². The van der Waals surface area contributed by atoms with E-state index in [-0.39, 0.29) is 0 Å². The highest BCUT2D eigenvalue weighted by molar-refractivity contribution is 5.56. The van der Waals surface area contributed by atoms with Crippen molar-refractivity contribution in [1.29, 1.82) is 0 Å². The largest absolute Gasteiger partial charge is 0.508 e. The zero-order chi connectivity index (χ0) is 7.44. The number of ether oxygens (including phenoxy) is 1. The predicted octanol–water partition coefficient (Wildman–Crippen LogP) is 1.24. The molecule has 9 heavy (non-hydrogen) atoms. The smallest absolute Gasteiger partial charge is 0.450 e.